The van der Waals surface area contributed by atoms with Gasteiger partial charge >= 0.3 is 0 Å². The van der Waals surface area contributed by atoms with Crippen LogP contribution in [0, 0.1) is 6.92 Å². The number of para-hydroxylation sites is 1. The van der Waals surface area contributed by atoms with Crippen molar-refractivity contribution in [2.24, 2.45) is 0 Å². The summed E-state index contributed by atoms with van der Waals surface area (Å²) in [6.45, 7) is 3.28. The summed E-state index contributed by atoms with van der Waals surface area (Å²) >= 11 is 0. The van der Waals surface area contributed by atoms with E-state index in [1.807, 2.05) is 31.2 Å². The number of nitrogens with one attached hydrogen (secondary N) is 1. The molecule has 224 valence electrons. The van der Waals surface area contributed by atoms with Gasteiger partial charge in [0.15, 0.2) is 11.5 Å². The van der Waals surface area contributed by atoms with E-state index in [9.17, 15) is 18.0 Å². The van der Waals surface area contributed by atoms with Gasteiger partial charge in [-0.3, -0.25) is 13.9 Å². The highest BCUT2D eigenvalue weighted by Gasteiger charge is 2.34. The lowest BCUT2D eigenvalue weighted by molar-refractivity contribution is -0.139. The van der Waals surface area contributed by atoms with E-state index >= 15 is 0 Å². The van der Waals surface area contributed by atoms with Crippen molar-refractivity contribution in [1.82, 2.24) is 10.2 Å². The van der Waals surface area contributed by atoms with Crippen molar-refractivity contribution in [2.45, 2.75) is 63.1 Å². The first kappa shape index (κ1) is 30.9. The van der Waals surface area contributed by atoms with E-state index in [1.165, 1.54) is 37.3 Å². The van der Waals surface area contributed by atoms with Gasteiger partial charge in [-0.25, -0.2) is 8.42 Å². The highest BCUT2D eigenvalue weighted by Crippen LogP contribution is 2.32. The van der Waals surface area contributed by atoms with Crippen LogP contribution in [0.2, 0.25) is 0 Å². The summed E-state index contributed by atoms with van der Waals surface area (Å²) in [4.78, 5) is 28.9. The van der Waals surface area contributed by atoms with Crippen LogP contribution in [0.5, 0.6) is 11.5 Å². The molecule has 1 atom stereocenters. The lowest BCUT2D eigenvalue weighted by atomic mass is 10.1. The number of carbonyl (C=O) groups is 2. The minimum atomic E-state index is -4.24. The maximum absolute atomic E-state index is 14.1. The Bertz CT molecular complexity index is 1490. The molecule has 0 bridgehead atoms. The van der Waals surface area contributed by atoms with Crippen LogP contribution in [0.3, 0.4) is 0 Å². The van der Waals surface area contributed by atoms with Gasteiger partial charge in [-0.15, -0.1) is 0 Å². The molecule has 1 unspecified atom stereocenters. The summed E-state index contributed by atoms with van der Waals surface area (Å²) in [5.41, 5.74) is 2.16. The fourth-order valence-corrected chi connectivity index (χ4v) is 6.60. The SMILES string of the molecule is COc1ccc(S(=O)(=O)N(CC(=O)N(Cc2ccccc2C)C(C)C(=O)NC2CCCC2)c2ccccc2)cc1OC. The molecule has 1 aliphatic carbocycles. The van der Waals surface area contributed by atoms with Crippen LogP contribution in [-0.4, -0.2) is 58.0 Å². The van der Waals surface area contributed by atoms with E-state index in [0.29, 0.717) is 11.4 Å². The second-order valence-corrected chi connectivity index (χ2v) is 12.3. The maximum atomic E-state index is 14.1. The average Bonchev–Trinajstić information content (AvgIpc) is 3.52. The third-order valence-electron chi connectivity index (χ3n) is 7.74. The standard InChI is InChI=1S/C32H39N3O6S/c1-23-12-8-9-13-25(23)21-34(24(2)32(37)33-26-14-10-11-15-26)31(36)22-35(27-16-6-5-7-17-27)42(38,39)28-18-19-29(40-3)30(20-28)41-4/h5-9,12-13,16-20,24,26H,10-11,14-15,21-22H2,1-4H3,(H,33,37). The number of anilines is 1. The molecule has 1 aliphatic rings. The first-order valence-corrected chi connectivity index (χ1v) is 15.5. The van der Waals surface area contributed by atoms with Crippen LogP contribution in [0.4, 0.5) is 5.69 Å². The number of nitrogens with zero attached hydrogens (tertiary/aromatic N) is 2. The van der Waals surface area contributed by atoms with Crippen molar-refractivity contribution in [3.05, 3.63) is 83.9 Å². The summed E-state index contributed by atoms with van der Waals surface area (Å²) < 4.78 is 39.9. The lowest BCUT2D eigenvalue weighted by Crippen LogP contribution is -2.52. The molecule has 3 aromatic carbocycles. The summed E-state index contributed by atoms with van der Waals surface area (Å²) in [5.74, 6) is -0.125. The van der Waals surface area contributed by atoms with Gasteiger partial charge in [-0.05, 0) is 62.1 Å². The Hall–Kier alpha value is -4.05. The smallest absolute Gasteiger partial charge is 0.264 e. The van der Waals surface area contributed by atoms with Gasteiger partial charge in [0.2, 0.25) is 11.8 Å². The number of benzene rings is 3. The number of methoxy groups -OCH3 is 2. The van der Waals surface area contributed by atoms with Crippen LogP contribution in [-0.2, 0) is 26.2 Å². The number of aryl methyl sites for hydroxylation is 1. The monoisotopic (exact) mass is 593 g/mol. The lowest BCUT2D eigenvalue weighted by Gasteiger charge is -2.33. The predicted molar refractivity (Wildman–Crippen MR) is 162 cm³/mol. The highest BCUT2D eigenvalue weighted by molar-refractivity contribution is 7.92. The van der Waals surface area contributed by atoms with Gasteiger partial charge in [0.25, 0.3) is 10.0 Å². The van der Waals surface area contributed by atoms with E-state index < -0.39 is 28.5 Å². The van der Waals surface area contributed by atoms with Gasteiger partial charge < -0.3 is 19.7 Å². The predicted octanol–water partition coefficient (Wildman–Crippen LogP) is 4.68. The Labute approximate surface area is 248 Å². The summed E-state index contributed by atoms with van der Waals surface area (Å²) in [5, 5.41) is 3.09. The van der Waals surface area contributed by atoms with Crippen molar-refractivity contribution < 1.29 is 27.5 Å². The normalized spacial score (nSPS) is 14.2. The molecule has 2 amide bonds. The number of sulfonamides is 1. The molecular formula is C32H39N3O6S. The van der Waals surface area contributed by atoms with Crippen LogP contribution in [0.1, 0.15) is 43.7 Å². The first-order chi connectivity index (χ1) is 20.1. The molecule has 0 saturated heterocycles. The molecule has 1 fully saturated rings. The second-order valence-electron chi connectivity index (χ2n) is 10.5. The molecule has 42 heavy (non-hydrogen) atoms. The van der Waals surface area contributed by atoms with Crippen molar-refractivity contribution in [1.29, 1.82) is 0 Å². The van der Waals surface area contributed by atoms with Crippen molar-refractivity contribution in [2.75, 3.05) is 25.1 Å². The van der Waals surface area contributed by atoms with Crippen LogP contribution in [0.25, 0.3) is 0 Å². The Kier molecular flexibility index (Phi) is 10.1. The van der Waals surface area contributed by atoms with Gasteiger partial charge in [-0.1, -0.05) is 55.3 Å². The molecule has 0 spiro atoms. The van der Waals surface area contributed by atoms with Gasteiger partial charge in [0.1, 0.15) is 12.6 Å². The molecular weight excluding hydrogens is 554 g/mol. The topological polar surface area (TPSA) is 105 Å². The molecule has 3 aromatic rings. The fraction of sp³-hybridized carbons (Fsp3) is 0.375. The third kappa shape index (κ3) is 7.05. The number of rotatable bonds is 12. The number of hydrogen-bond acceptors (Lipinski definition) is 6. The number of ether oxygens (including phenoxy) is 2. The quantitative estimate of drug-likeness (QED) is 0.327. The van der Waals surface area contributed by atoms with Gasteiger partial charge in [-0.2, -0.15) is 0 Å². The Morgan fingerprint density at radius 2 is 1.57 bits per heavy atom. The average molecular weight is 594 g/mol. The van der Waals surface area contributed by atoms with Gasteiger partial charge in [0.05, 0.1) is 24.8 Å². The van der Waals surface area contributed by atoms with Crippen molar-refractivity contribution >= 4 is 27.5 Å². The van der Waals surface area contributed by atoms with Crippen LogP contribution >= 0.6 is 0 Å². The zero-order valence-corrected chi connectivity index (χ0v) is 25.4. The Morgan fingerprint density at radius 3 is 2.21 bits per heavy atom. The number of amides is 2. The van der Waals surface area contributed by atoms with E-state index in [2.05, 4.69) is 5.32 Å². The first-order valence-electron chi connectivity index (χ1n) is 14.1. The van der Waals surface area contributed by atoms with Crippen LogP contribution < -0.4 is 19.1 Å². The van der Waals surface area contributed by atoms with E-state index in [0.717, 1.165) is 41.1 Å². The van der Waals surface area contributed by atoms with Crippen LogP contribution in [0.15, 0.2) is 77.7 Å². The molecule has 4 rings (SSSR count). The van der Waals surface area contributed by atoms with E-state index in [4.69, 9.17) is 9.47 Å². The molecule has 9 nitrogen and oxygen atoms in total. The molecule has 10 heteroatoms. The zero-order valence-electron chi connectivity index (χ0n) is 24.6. The molecule has 0 radical (unpaired) electrons. The summed E-state index contributed by atoms with van der Waals surface area (Å²) in [6.07, 6.45) is 3.95. The second kappa shape index (κ2) is 13.7. The van der Waals surface area contributed by atoms with Crippen molar-refractivity contribution in [3.8, 4) is 11.5 Å². The Morgan fingerprint density at radius 1 is 0.929 bits per heavy atom. The minimum absolute atomic E-state index is 0.0609. The molecule has 1 saturated carbocycles. The number of hydrogen-bond donors (Lipinski definition) is 1. The van der Waals surface area contributed by atoms with E-state index in [-0.39, 0.29) is 29.1 Å². The summed E-state index contributed by atoms with van der Waals surface area (Å²) in [6, 6.07) is 19.7. The largest absolute Gasteiger partial charge is 0.493 e. The molecule has 0 aromatic heterocycles. The number of carbonyl (C=O) groups excluding carboxylic acids is 2. The molecule has 0 aliphatic heterocycles. The molecule has 1 N–H and O–H groups in total. The highest BCUT2D eigenvalue weighted by atomic mass is 32.2. The van der Waals surface area contributed by atoms with Crippen molar-refractivity contribution in [3.63, 3.8) is 0 Å². The van der Waals surface area contributed by atoms with E-state index in [1.54, 1.807) is 37.3 Å². The minimum Gasteiger partial charge on any atom is -0.493 e. The third-order valence-corrected chi connectivity index (χ3v) is 9.51. The molecule has 0 heterocycles. The zero-order chi connectivity index (χ0) is 30.3. The fourth-order valence-electron chi connectivity index (χ4n) is 5.17. The Balaban J connectivity index is 1.70. The summed E-state index contributed by atoms with van der Waals surface area (Å²) in [7, 11) is -1.35. The van der Waals surface area contributed by atoms with Gasteiger partial charge in [0, 0.05) is 18.7 Å². The maximum Gasteiger partial charge on any atom is 0.264 e.